The smallest absolute Gasteiger partial charge is 0.246 e. The average molecular weight is 315 g/mol. The summed E-state index contributed by atoms with van der Waals surface area (Å²) in [6, 6.07) is 1.44. The molecule has 1 aromatic heterocycles. The summed E-state index contributed by atoms with van der Waals surface area (Å²) in [5, 5.41) is 9.09. The first-order valence-electron chi connectivity index (χ1n) is 7.69. The summed E-state index contributed by atoms with van der Waals surface area (Å²) >= 11 is 0. The van der Waals surface area contributed by atoms with Crippen LogP contribution in [-0.2, 0) is 16.6 Å². The summed E-state index contributed by atoms with van der Waals surface area (Å²) < 4.78 is 32.3. The lowest BCUT2D eigenvalue weighted by molar-refractivity contribution is 0.244. The predicted molar refractivity (Wildman–Crippen MR) is 80.4 cm³/mol. The molecule has 1 aromatic rings. The molecular weight excluding hydrogens is 290 g/mol. The van der Waals surface area contributed by atoms with Crippen molar-refractivity contribution in [3.8, 4) is 0 Å². The van der Waals surface area contributed by atoms with Gasteiger partial charge >= 0.3 is 0 Å². The maximum absolute atomic E-state index is 12.7. The van der Waals surface area contributed by atoms with Gasteiger partial charge < -0.3 is 9.52 Å². The molecule has 2 heterocycles. The molecule has 1 unspecified atom stereocenters. The number of sulfonamides is 1. The number of hydrogen-bond acceptors (Lipinski definition) is 4. The fourth-order valence-corrected chi connectivity index (χ4v) is 4.75. The monoisotopic (exact) mass is 315 g/mol. The molecule has 0 aliphatic carbocycles. The lowest BCUT2D eigenvalue weighted by Gasteiger charge is -2.19. The second-order valence-electron chi connectivity index (χ2n) is 5.78. The van der Waals surface area contributed by atoms with Gasteiger partial charge in [0.05, 0.1) is 0 Å². The van der Waals surface area contributed by atoms with Crippen LogP contribution in [-0.4, -0.2) is 30.9 Å². The van der Waals surface area contributed by atoms with E-state index < -0.39 is 10.0 Å². The van der Waals surface area contributed by atoms with Crippen LogP contribution in [0, 0.1) is 12.8 Å². The zero-order valence-corrected chi connectivity index (χ0v) is 13.7. The van der Waals surface area contributed by atoms with Gasteiger partial charge in [0.2, 0.25) is 10.0 Å². The molecule has 1 aliphatic rings. The second-order valence-corrected chi connectivity index (χ2v) is 7.69. The topological polar surface area (TPSA) is 70.8 Å². The first-order valence-corrected chi connectivity index (χ1v) is 9.13. The molecule has 1 fully saturated rings. The highest BCUT2D eigenvalue weighted by Gasteiger charge is 2.30. The highest BCUT2D eigenvalue weighted by Crippen LogP contribution is 2.28. The molecule has 0 aromatic carbocycles. The zero-order valence-electron chi connectivity index (χ0n) is 12.8. The van der Waals surface area contributed by atoms with Crippen molar-refractivity contribution < 1.29 is 17.9 Å². The van der Waals surface area contributed by atoms with Gasteiger partial charge in [-0.25, -0.2) is 8.42 Å². The normalized spacial score (nSPS) is 21.4. The van der Waals surface area contributed by atoms with Crippen molar-refractivity contribution in [3.05, 3.63) is 17.6 Å². The van der Waals surface area contributed by atoms with Crippen molar-refractivity contribution in [1.29, 1.82) is 0 Å². The van der Waals surface area contributed by atoms with Crippen LogP contribution < -0.4 is 0 Å². The largest absolute Gasteiger partial charge is 0.462 e. The van der Waals surface area contributed by atoms with Crippen molar-refractivity contribution in [2.24, 2.45) is 5.92 Å². The summed E-state index contributed by atoms with van der Waals surface area (Å²) in [5.41, 5.74) is 0. The Morgan fingerprint density at radius 1 is 1.38 bits per heavy atom. The highest BCUT2D eigenvalue weighted by molar-refractivity contribution is 7.89. The van der Waals surface area contributed by atoms with E-state index >= 15 is 0 Å². The summed E-state index contributed by atoms with van der Waals surface area (Å²) in [4.78, 5) is 0.195. The third-order valence-corrected chi connectivity index (χ3v) is 6.21. The van der Waals surface area contributed by atoms with Crippen LogP contribution in [0.1, 0.15) is 50.5 Å². The Balaban J connectivity index is 2.17. The summed E-state index contributed by atoms with van der Waals surface area (Å²) in [7, 11) is -3.52. The molecule has 2 rings (SSSR count). The quantitative estimate of drug-likeness (QED) is 0.907. The van der Waals surface area contributed by atoms with Gasteiger partial charge in [-0.15, -0.1) is 0 Å². The second kappa shape index (κ2) is 6.94. The fraction of sp³-hybridized carbons (Fsp3) is 0.733. The minimum absolute atomic E-state index is 0.195. The Morgan fingerprint density at radius 2 is 2.14 bits per heavy atom. The Morgan fingerprint density at radius 3 is 2.76 bits per heavy atom. The molecule has 0 bridgehead atoms. The lowest BCUT2D eigenvalue weighted by atomic mass is 9.96. The number of aliphatic hydroxyl groups excluding tert-OH is 1. The van der Waals surface area contributed by atoms with Gasteiger partial charge in [0.15, 0.2) is 0 Å². The number of nitrogens with zero attached hydrogens (tertiary/aromatic N) is 1. The molecule has 1 aliphatic heterocycles. The summed E-state index contributed by atoms with van der Waals surface area (Å²) in [5.74, 6) is 1.28. The van der Waals surface area contributed by atoms with Crippen LogP contribution >= 0.6 is 0 Å². The molecule has 1 saturated heterocycles. The van der Waals surface area contributed by atoms with Crippen LogP contribution in [0.2, 0.25) is 0 Å². The lowest BCUT2D eigenvalue weighted by Crippen LogP contribution is -2.32. The molecule has 1 N–H and O–H groups in total. The van der Waals surface area contributed by atoms with E-state index in [0.717, 1.165) is 25.7 Å². The Kier molecular flexibility index (Phi) is 5.46. The minimum Gasteiger partial charge on any atom is -0.462 e. The highest BCUT2D eigenvalue weighted by atomic mass is 32.2. The molecular formula is C15H25NO4S. The van der Waals surface area contributed by atoms with E-state index in [1.54, 1.807) is 11.2 Å². The van der Waals surface area contributed by atoms with E-state index in [1.165, 1.54) is 12.5 Å². The van der Waals surface area contributed by atoms with Crippen LogP contribution in [0.4, 0.5) is 0 Å². The number of aryl methyl sites for hydroxylation is 1. The van der Waals surface area contributed by atoms with E-state index in [2.05, 4.69) is 6.92 Å². The van der Waals surface area contributed by atoms with Gasteiger partial charge in [0.25, 0.3) is 0 Å². The molecule has 120 valence electrons. The maximum Gasteiger partial charge on any atom is 0.246 e. The van der Waals surface area contributed by atoms with Gasteiger partial charge in [0, 0.05) is 19.2 Å². The summed E-state index contributed by atoms with van der Waals surface area (Å²) in [6.07, 6.45) is 5.27. The number of aliphatic hydroxyl groups is 1. The molecule has 0 spiro atoms. The van der Waals surface area contributed by atoms with Crippen molar-refractivity contribution >= 4 is 10.0 Å². The molecule has 0 saturated carbocycles. The molecule has 6 heteroatoms. The molecule has 1 atom stereocenters. The number of furan rings is 1. The predicted octanol–water partition coefficient (Wildman–Crippen LogP) is 2.67. The van der Waals surface area contributed by atoms with E-state index in [1.807, 2.05) is 0 Å². The van der Waals surface area contributed by atoms with Crippen LogP contribution in [0.3, 0.4) is 0 Å². The SMILES string of the molecule is CCCC1CCCN(S(=O)(=O)c2cc(CO)oc2C)CC1. The standard InChI is InChI=1S/C15H25NO4S/c1-3-5-13-6-4-8-16(9-7-13)21(18,19)15-10-14(11-17)20-12(15)2/h10,13,17H,3-9,11H2,1-2H3. The van der Waals surface area contributed by atoms with Crippen molar-refractivity contribution in [1.82, 2.24) is 4.31 Å². The number of rotatable bonds is 5. The molecule has 0 amide bonds. The van der Waals surface area contributed by atoms with E-state index in [4.69, 9.17) is 9.52 Å². The van der Waals surface area contributed by atoms with Crippen LogP contribution in [0.5, 0.6) is 0 Å². The maximum atomic E-state index is 12.7. The van der Waals surface area contributed by atoms with E-state index in [-0.39, 0.29) is 11.5 Å². The van der Waals surface area contributed by atoms with Gasteiger partial charge in [0.1, 0.15) is 23.0 Å². The van der Waals surface area contributed by atoms with Gasteiger partial charge in [-0.3, -0.25) is 0 Å². The third-order valence-electron chi connectivity index (χ3n) is 4.20. The first kappa shape index (κ1) is 16.5. The molecule has 5 nitrogen and oxygen atoms in total. The Hall–Kier alpha value is -0.850. The zero-order chi connectivity index (χ0) is 15.5. The van der Waals surface area contributed by atoms with Gasteiger partial charge in [-0.1, -0.05) is 19.8 Å². The molecule has 21 heavy (non-hydrogen) atoms. The van der Waals surface area contributed by atoms with Crippen molar-refractivity contribution in [2.45, 2.75) is 57.5 Å². The minimum atomic E-state index is -3.52. The van der Waals surface area contributed by atoms with Crippen molar-refractivity contribution in [3.63, 3.8) is 0 Å². The summed E-state index contributed by atoms with van der Waals surface area (Å²) in [6.45, 7) is 4.66. The van der Waals surface area contributed by atoms with E-state index in [9.17, 15) is 8.42 Å². The fourth-order valence-electron chi connectivity index (χ4n) is 3.07. The van der Waals surface area contributed by atoms with Crippen molar-refractivity contribution in [2.75, 3.05) is 13.1 Å². The van der Waals surface area contributed by atoms with Crippen LogP contribution in [0.15, 0.2) is 15.4 Å². The average Bonchev–Trinajstić information content (AvgIpc) is 2.68. The number of hydrogen-bond donors (Lipinski definition) is 1. The Labute approximate surface area is 127 Å². The van der Waals surface area contributed by atoms with Crippen LogP contribution in [0.25, 0.3) is 0 Å². The van der Waals surface area contributed by atoms with E-state index in [0.29, 0.717) is 30.5 Å². The van der Waals surface area contributed by atoms with Gasteiger partial charge in [-0.2, -0.15) is 4.31 Å². The van der Waals surface area contributed by atoms with Gasteiger partial charge in [-0.05, 0) is 32.1 Å². The first-order chi connectivity index (χ1) is 9.98. The molecule has 0 radical (unpaired) electrons. The third kappa shape index (κ3) is 3.67. The Bertz CT molecular complexity index is 564.